The standard InChI is InChI=1S/C16H15ClN2O3/c17-13-8-4-5-9-14(13)22-11-16(21)19-18-15(20)10-12-6-2-1-3-7-12/h1-9H,10-11H2,(H,18,20)(H,19,21). The van der Waals surface area contributed by atoms with E-state index in [0.29, 0.717) is 10.8 Å². The van der Waals surface area contributed by atoms with Gasteiger partial charge < -0.3 is 4.74 Å². The molecule has 2 amide bonds. The summed E-state index contributed by atoms with van der Waals surface area (Å²) in [6, 6.07) is 16.1. The largest absolute Gasteiger partial charge is 0.482 e. The predicted octanol–water partition coefficient (Wildman–Crippen LogP) is 2.11. The number of hydrazine groups is 1. The Morgan fingerprint density at radius 2 is 1.55 bits per heavy atom. The van der Waals surface area contributed by atoms with Crippen molar-refractivity contribution in [3.05, 3.63) is 65.2 Å². The van der Waals surface area contributed by atoms with Crippen molar-refractivity contribution in [2.75, 3.05) is 6.61 Å². The Labute approximate surface area is 133 Å². The molecule has 0 aliphatic rings. The normalized spacial score (nSPS) is 9.86. The second-order valence-corrected chi connectivity index (χ2v) is 4.89. The van der Waals surface area contributed by atoms with Crippen LogP contribution in [0.5, 0.6) is 5.75 Å². The maximum atomic E-state index is 11.7. The number of carbonyl (C=O) groups is 2. The first-order chi connectivity index (χ1) is 10.6. The van der Waals surface area contributed by atoms with Crippen LogP contribution in [-0.2, 0) is 16.0 Å². The fourth-order valence-corrected chi connectivity index (χ4v) is 1.90. The molecule has 5 nitrogen and oxygen atoms in total. The molecule has 0 radical (unpaired) electrons. The highest BCUT2D eigenvalue weighted by Crippen LogP contribution is 2.22. The van der Waals surface area contributed by atoms with E-state index in [1.807, 2.05) is 30.3 Å². The molecule has 114 valence electrons. The van der Waals surface area contributed by atoms with Crippen LogP contribution >= 0.6 is 11.6 Å². The Morgan fingerprint density at radius 3 is 2.27 bits per heavy atom. The number of hydrogen-bond donors (Lipinski definition) is 2. The first-order valence-electron chi connectivity index (χ1n) is 6.64. The van der Waals surface area contributed by atoms with Crippen LogP contribution in [0.25, 0.3) is 0 Å². The van der Waals surface area contributed by atoms with E-state index in [-0.39, 0.29) is 18.9 Å². The number of benzene rings is 2. The minimum absolute atomic E-state index is 0.187. The van der Waals surface area contributed by atoms with Crippen molar-refractivity contribution in [1.82, 2.24) is 10.9 Å². The van der Waals surface area contributed by atoms with Gasteiger partial charge in [0.25, 0.3) is 5.91 Å². The molecule has 0 spiro atoms. The first kappa shape index (κ1) is 15.9. The molecule has 0 bridgehead atoms. The lowest BCUT2D eigenvalue weighted by atomic mass is 10.1. The molecule has 2 aromatic rings. The fraction of sp³-hybridized carbons (Fsp3) is 0.125. The van der Waals surface area contributed by atoms with Crippen LogP contribution in [0.4, 0.5) is 0 Å². The van der Waals surface area contributed by atoms with Crippen LogP contribution in [0.3, 0.4) is 0 Å². The number of amides is 2. The molecule has 2 aromatic carbocycles. The molecule has 2 N–H and O–H groups in total. The Morgan fingerprint density at radius 1 is 0.909 bits per heavy atom. The van der Waals surface area contributed by atoms with E-state index >= 15 is 0 Å². The zero-order valence-corrected chi connectivity index (χ0v) is 12.5. The number of ether oxygens (including phenoxy) is 1. The summed E-state index contributed by atoms with van der Waals surface area (Å²) in [5.74, 6) is -0.367. The van der Waals surface area contributed by atoms with Crippen LogP contribution < -0.4 is 15.6 Å². The average molecular weight is 319 g/mol. The van der Waals surface area contributed by atoms with Crippen molar-refractivity contribution in [3.8, 4) is 5.75 Å². The van der Waals surface area contributed by atoms with E-state index in [1.165, 1.54) is 0 Å². The minimum atomic E-state index is -0.471. The van der Waals surface area contributed by atoms with Gasteiger partial charge in [-0.1, -0.05) is 54.1 Å². The number of hydrogen-bond acceptors (Lipinski definition) is 3. The summed E-state index contributed by atoms with van der Waals surface area (Å²) in [6.07, 6.45) is 0.187. The molecular formula is C16H15ClN2O3. The summed E-state index contributed by atoms with van der Waals surface area (Å²) < 4.78 is 5.25. The van der Waals surface area contributed by atoms with Gasteiger partial charge in [0.2, 0.25) is 5.91 Å². The summed E-state index contributed by atoms with van der Waals surface area (Å²) in [4.78, 5) is 23.2. The van der Waals surface area contributed by atoms with Crippen molar-refractivity contribution in [2.45, 2.75) is 6.42 Å². The highest BCUT2D eigenvalue weighted by atomic mass is 35.5. The molecule has 6 heteroatoms. The van der Waals surface area contributed by atoms with Gasteiger partial charge in [-0.3, -0.25) is 20.4 Å². The summed E-state index contributed by atoms with van der Waals surface area (Å²) >= 11 is 5.90. The topological polar surface area (TPSA) is 67.4 Å². The maximum absolute atomic E-state index is 11.7. The number of halogens is 1. The molecule has 0 saturated heterocycles. The molecule has 0 unspecified atom stereocenters. The minimum Gasteiger partial charge on any atom is -0.482 e. The smallest absolute Gasteiger partial charge is 0.276 e. The van der Waals surface area contributed by atoms with Crippen LogP contribution in [0.15, 0.2) is 54.6 Å². The Balaban J connectivity index is 1.71. The highest BCUT2D eigenvalue weighted by molar-refractivity contribution is 6.32. The van der Waals surface area contributed by atoms with Gasteiger partial charge in [0.05, 0.1) is 11.4 Å². The zero-order chi connectivity index (χ0) is 15.8. The first-order valence-corrected chi connectivity index (χ1v) is 7.02. The van der Waals surface area contributed by atoms with Crippen molar-refractivity contribution in [2.24, 2.45) is 0 Å². The van der Waals surface area contributed by atoms with E-state index in [1.54, 1.807) is 24.3 Å². The third-order valence-electron chi connectivity index (χ3n) is 2.74. The molecule has 0 aliphatic heterocycles. The maximum Gasteiger partial charge on any atom is 0.276 e. The number of nitrogens with one attached hydrogen (secondary N) is 2. The van der Waals surface area contributed by atoms with Crippen molar-refractivity contribution in [3.63, 3.8) is 0 Å². The van der Waals surface area contributed by atoms with Crippen molar-refractivity contribution < 1.29 is 14.3 Å². The van der Waals surface area contributed by atoms with E-state index in [4.69, 9.17) is 16.3 Å². The third kappa shape index (κ3) is 5.10. The van der Waals surface area contributed by atoms with Gasteiger partial charge in [-0.15, -0.1) is 0 Å². The lowest BCUT2D eigenvalue weighted by molar-refractivity contribution is -0.129. The van der Waals surface area contributed by atoms with E-state index in [0.717, 1.165) is 5.56 Å². The van der Waals surface area contributed by atoms with Crippen molar-refractivity contribution >= 4 is 23.4 Å². The van der Waals surface area contributed by atoms with E-state index in [2.05, 4.69) is 10.9 Å². The van der Waals surface area contributed by atoms with E-state index < -0.39 is 5.91 Å². The Bertz CT molecular complexity index is 647. The van der Waals surface area contributed by atoms with Crippen LogP contribution in [0.1, 0.15) is 5.56 Å². The molecule has 0 aromatic heterocycles. The summed E-state index contributed by atoms with van der Waals surface area (Å²) in [5.41, 5.74) is 5.48. The lowest BCUT2D eigenvalue weighted by Gasteiger charge is -2.09. The average Bonchev–Trinajstić information content (AvgIpc) is 2.53. The quantitative estimate of drug-likeness (QED) is 0.830. The Kier molecular flexibility index (Phi) is 5.80. The van der Waals surface area contributed by atoms with Gasteiger partial charge in [-0.05, 0) is 17.7 Å². The van der Waals surface area contributed by atoms with Gasteiger partial charge in [-0.25, -0.2) is 0 Å². The van der Waals surface area contributed by atoms with Gasteiger partial charge in [-0.2, -0.15) is 0 Å². The number of rotatable bonds is 5. The van der Waals surface area contributed by atoms with Crippen LogP contribution in [-0.4, -0.2) is 18.4 Å². The van der Waals surface area contributed by atoms with Crippen LogP contribution in [0, 0.1) is 0 Å². The molecule has 0 fully saturated rings. The van der Waals surface area contributed by atoms with Crippen molar-refractivity contribution in [1.29, 1.82) is 0 Å². The monoisotopic (exact) mass is 318 g/mol. The van der Waals surface area contributed by atoms with Gasteiger partial charge >= 0.3 is 0 Å². The van der Waals surface area contributed by atoms with Gasteiger partial charge in [0.15, 0.2) is 6.61 Å². The molecule has 0 atom stereocenters. The summed E-state index contributed by atoms with van der Waals surface area (Å²) in [5, 5.41) is 0.420. The third-order valence-corrected chi connectivity index (χ3v) is 3.06. The molecular weight excluding hydrogens is 304 g/mol. The van der Waals surface area contributed by atoms with Gasteiger partial charge in [0, 0.05) is 0 Å². The molecule has 2 rings (SSSR count). The van der Waals surface area contributed by atoms with E-state index in [9.17, 15) is 9.59 Å². The van der Waals surface area contributed by atoms with Gasteiger partial charge in [0.1, 0.15) is 5.75 Å². The highest BCUT2D eigenvalue weighted by Gasteiger charge is 2.07. The molecule has 0 heterocycles. The number of carbonyl (C=O) groups excluding carboxylic acids is 2. The second kappa shape index (κ2) is 8.05. The fourth-order valence-electron chi connectivity index (χ4n) is 1.71. The zero-order valence-electron chi connectivity index (χ0n) is 11.7. The molecule has 0 aliphatic carbocycles. The predicted molar refractivity (Wildman–Crippen MR) is 83.4 cm³/mol. The molecule has 0 saturated carbocycles. The second-order valence-electron chi connectivity index (χ2n) is 4.48. The summed E-state index contributed by atoms with van der Waals surface area (Å²) in [6.45, 7) is -0.241. The lowest BCUT2D eigenvalue weighted by Crippen LogP contribution is -2.44. The molecule has 22 heavy (non-hydrogen) atoms. The summed E-state index contributed by atoms with van der Waals surface area (Å²) in [7, 11) is 0. The van der Waals surface area contributed by atoms with Crippen LogP contribution in [0.2, 0.25) is 5.02 Å². The SMILES string of the molecule is O=C(COc1ccccc1Cl)NNC(=O)Cc1ccccc1. The number of para-hydroxylation sites is 1. The Hall–Kier alpha value is -2.53.